The zero-order valence-electron chi connectivity index (χ0n) is 11.9. The summed E-state index contributed by atoms with van der Waals surface area (Å²) in [6.07, 6.45) is 2.13. The van der Waals surface area contributed by atoms with E-state index in [1.807, 2.05) is 11.0 Å². The summed E-state index contributed by atoms with van der Waals surface area (Å²) < 4.78 is 11.0. The standard InChI is InChI=1S/C16H18ClNO3/c1-11-2-4-18(5-3-11)15(19)10-12-8-13(17)16-14(9-12)20-6-7-21-16/h8-9H,1-7,10H2. The Morgan fingerprint density at radius 1 is 1.24 bits per heavy atom. The average Bonchev–Trinajstić information content (AvgIpc) is 2.48. The number of benzene rings is 1. The van der Waals surface area contributed by atoms with Crippen LogP contribution >= 0.6 is 11.6 Å². The quantitative estimate of drug-likeness (QED) is 0.789. The van der Waals surface area contributed by atoms with E-state index < -0.39 is 0 Å². The number of amides is 1. The number of rotatable bonds is 2. The summed E-state index contributed by atoms with van der Waals surface area (Å²) in [5.74, 6) is 1.33. The van der Waals surface area contributed by atoms with Crippen molar-refractivity contribution < 1.29 is 14.3 Å². The Labute approximate surface area is 129 Å². The number of carbonyl (C=O) groups excluding carboxylic acids is 1. The molecule has 21 heavy (non-hydrogen) atoms. The van der Waals surface area contributed by atoms with E-state index in [-0.39, 0.29) is 5.91 Å². The van der Waals surface area contributed by atoms with Gasteiger partial charge in [0, 0.05) is 13.1 Å². The lowest BCUT2D eigenvalue weighted by Crippen LogP contribution is -2.37. The fourth-order valence-corrected chi connectivity index (χ4v) is 2.91. The van der Waals surface area contributed by atoms with Crippen molar-refractivity contribution >= 4 is 17.5 Å². The third-order valence-electron chi connectivity index (χ3n) is 3.84. The van der Waals surface area contributed by atoms with E-state index in [9.17, 15) is 4.79 Å². The van der Waals surface area contributed by atoms with Gasteiger partial charge < -0.3 is 14.4 Å². The summed E-state index contributed by atoms with van der Waals surface area (Å²) in [6.45, 7) is 6.50. The van der Waals surface area contributed by atoms with Gasteiger partial charge in [-0.05, 0) is 30.5 Å². The van der Waals surface area contributed by atoms with Gasteiger partial charge in [-0.15, -0.1) is 0 Å². The van der Waals surface area contributed by atoms with Crippen LogP contribution in [-0.2, 0) is 11.2 Å². The van der Waals surface area contributed by atoms with Crippen molar-refractivity contribution in [1.29, 1.82) is 0 Å². The maximum absolute atomic E-state index is 12.3. The number of fused-ring (bicyclic) bond motifs is 1. The SMILES string of the molecule is C=C1CCN(C(=O)Cc2cc(Cl)c3c(c2)OCCO3)CC1. The van der Waals surface area contributed by atoms with Crippen molar-refractivity contribution in [1.82, 2.24) is 4.90 Å². The first kappa shape index (κ1) is 14.3. The number of ether oxygens (including phenoxy) is 2. The van der Waals surface area contributed by atoms with Gasteiger partial charge in [-0.1, -0.05) is 23.8 Å². The zero-order valence-corrected chi connectivity index (χ0v) is 12.6. The van der Waals surface area contributed by atoms with Gasteiger partial charge in [0.05, 0.1) is 11.4 Å². The maximum Gasteiger partial charge on any atom is 0.227 e. The van der Waals surface area contributed by atoms with Gasteiger partial charge in [0.2, 0.25) is 5.91 Å². The molecule has 5 heteroatoms. The molecule has 3 rings (SSSR count). The van der Waals surface area contributed by atoms with Crippen molar-refractivity contribution in [3.8, 4) is 11.5 Å². The highest BCUT2D eigenvalue weighted by Crippen LogP contribution is 2.38. The summed E-state index contributed by atoms with van der Waals surface area (Å²) in [5, 5.41) is 0.502. The molecular formula is C16H18ClNO3. The second kappa shape index (κ2) is 5.98. The molecule has 2 heterocycles. The van der Waals surface area contributed by atoms with Crippen molar-refractivity contribution in [2.24, 2.45) is 0 Å². The largest absolute Gasteiger partial charge is 0.486 e. The second-order valence-electron chi connectivity index (χ2n) is 5.41. The minimum atomic E-state index is 0.121. The van der Waals surface area contributed by atoms with Crippen LogP contribution in [0.2, 0.25) is 5.02 Å². The van der Waals surface area contributed by atoms with Crippen LogP contribution in [0, 0.1) is 0 Å². The summed E-state index contributed by atoms with van der Waals surface area (Å²) in [5.41, 5.74) is 2.08. The Morgan fingerprint density at radius 2 is 1.95 bits per heavy atom. The molecule has 112 valence electrons. The molecule has 0 bridgehead atoms. The van der Waals surface area contributed by atoms with Crippen molar-refractivity contribution in [3.63, 3.8) is 0 Å². The first-order valence-electron chi connectivity index (χ1n) is 7.16. The summed E-state index contributed by atoms with van der Waals surface area (Å²) >= 11 is 6.19. The zero-order chi connectivity index (χ0) is 14.8. The molecule has 1 aromatic carbocycles. The summed E-state index contributed by atoms with van der Waals surface area (Å²) in [7, 11) is 0. The minimum Gasteiger partial charge on any atom is -0.486 e. The molecule has 0 aromatic heterocycles. The predicted molar refractivity (Wildman–Crippen MR) is 81.1 cm³/mol. The Kier molecular flexibility index (Phi) is 4.06. The van der Waals surface area contributed by atoms with Gasteiger partial charge >= 0.3 is 0 Å². The van der Waals surface area contributed by atoms with Crippen LogP contribution in [0.1, 0.15) is 18.4 Å². The lowest BCUT2D eigenvalue weighted by Gasteiger charge is -2.28. The number of piperidine rings is 1. The van der Waals surface area contributed by atoms with Crippen LogP contribution in [0.15, 0.2) is 24.3 Å². The fourth-order valence-electron chi connectivity index (χ4n) is 2.63. The topological polar surface area (TPSA) is 38.8 Å². The monoisotopic (exact) mass is 307 g/mol. The van der Waals surface area contributed by atoms with E-state index in [1.165, 1.54) is 5.57 Å². The van der Waals surface area contributed by atoms with Gasteiger partial charge in [0.15, 0.2) is 11.5 Å². The molecule has 2 aliphatic heterocycles. The fraction of sp³-hybridized carbons (Fsp3) is 0.438. The summed E-state index contributed by atoms with van der Waals surface area (Å²) in [6, 6.07) is 3.64. The van der Waals surface area contributed by atoms with Crippen LogP contribution in [0.3, 0.4) is 0 Å². The van der Waals surface area contributed by atoms with Crippen LogP contribution in [0.4, 0.5) is 0 Å². The molecule has 0 unspecified atom stereocenters. The van der Waals surface area contributed by atoms with Crippen LogP contribution in [0.25, 0.3) is 0 Å². The van der Waals surface area contributed by atoms with Crippen LogP contribution in [0.5, 0.6) is 11.5 Å². The van der Waals surface area contributed by atoms with Crippen LogP contribution in [-0.4, -0.2) is 37.1 Å². The van der Waals surface area contributed by atoms with Gasteiger partial charge in [-0.3, -0.25) is 4.79 Å². The van der Waals surface area contributed by atoms with Gasteiger partial charge in [-0.25, -0.2) is 0 Å². The normalized spacial score (nSPS) is 17.8. The van der Waals surface area contributed by atoms with E-state index in [4.69, 9.17) is 21.1 Å². The maximum atomic E-state index is 12.3. The summed E-state index contributed by atoms with van der Waals surface area (Å²) in [4.78, 5) is 14.2. The Hall–Kier alpha value is -1.68. The molecule has 0 radical (unpaired) electrons. The Morgan fingerprint density at radius 3 is 2.71 bits per heavy atom. The molecule has 4 nitrogen and oxygen atoms in total. The minimum absolute atomic E-state index is 0.121. The van der Waals surface area contributed by atoms with Gasteiger partial charge in [0.1, 0.15) is 13.2 Å². The first-order chi connectivity index (χ1) is 10.1. The number of hydrogen-bond acceptors (Lipinski definition) is 3. The highest BCUT2D eigenvalue weighted by molar-refractivity contribution is 6.32. The van der Waals surface area contributed by atoms with Crippen LogP contribution < -0.4 is 9.47 Å². The smallest absolute Gasteiger partial charge is 0.227 e. The number of likely N-dealkylation sites (tertiary alicyclic amines) is 1. The third-order valence-corrected chi connectivity index (χ3v) is 4.12. The molecule has 1 amide bonds. The molecule has 0 atom stereocenters. The molecule has 0 N–H and O–H groups in total. The molecular weight excluding hydrogens is 290 g/mol. The first-order valence-corrected chi connectivity index (χ1v) is 7.54. The molecule has 0 aliphatic carbocycles. The van der Waals surface area contributed by atoms with Crippen molar-refractivity contribution in [2.45, 2.75) is 19.3 Å². The number of carbonyl (C=O) groups is 1. The van der Waals surface area contributed by atoms with E-state index in [1.54, 1.807) is 6.07 Å². The molecule has 1 saturated heterocycles. The van der Waals surface area contributed by atoms with E-state index in [0.717, 1.165) is 31.5 Å². The highest BCUT2D eigenvalue weighted by Gasteiger charge is 2.21. The molecule has 2 aliphatic rings. The van der Waals surface area contributed by atoms with E-state index >= 15 is 0 Å². The van der Waals surface area contributed by atoms with Crippen molar-refractivity contribution in [3.05, 3.63) is 34.9 Å². The lowest BCUT2D eigenvalue weighted by molar-refractivity contribution is -0.130. The Balaban J connectivity index is 1.71. The van der Waals surface area contributed by atoms with E-state index in [0.29, 0.717) is 36.2 Å². The van der Waals surface area contributed by atoms with E-state index in [2.05, 4.69) is 6.58 Å². The number of hydrogen-bond donors (Lipinski definition) is 0. The molecule has 1 aromatic rings. The number of nitrogens with zero attached hydrogens (tertiary/aromatic N) is 1. The van der Waals surface area contributed by atoms with Gasteiger partial charge in [-0.2, -0.15) is 0 Å². The predicted octanol–water partition coefficient (Wildman–Crippen LogP) is 2.83. The number of halogens is 1. The third kappa shape index (κ3) is 3.16. The second-order valence-corrected chi connectivity index (χ2v) is 5.82. The highest BCUT2D eigenvalue weighted by atomic mass is 35.5. The van der Waals surface area contributed by atoms with Gasteiger partial charge in [0.25, 0.3) is 0 Å². The Bertz CT molecular complexity index is 575. The average molecular weight is 308 g/mol. The molecule has 0 spiro atoms. The molecule has 0 saturated carbocycles. The van der Waals surface area contributed by atoms with Crippen molar-refractivity contribution in [2.75, 3.05) is 26.3 Å². The lowest BCUT2D eigenvalue weighted by atomic mass is 10.0. The molecule has 1 fully saturated rings.